The Morgan fingerprint density at radius 3 is 2.84 bits per heavy atom. The number of aromatic nitrogens is 2. The standard InChI is InChI=1S/C13H15FN4S/c1-2-4-11-16-12(18-15)8-13(17-11)19-10-6-3-5-9(14)7-10/h3,5-8H,2,4,15H2,1H3,(H,16,17,18). The molecule has 1 aromatic heterocycles. The highest BCUT2D eigenvalue weighted by molar-refractivity contribution is 7.99. The Balaban J connectivity index is 2.26. The number of halogens is 1. The summed E-state index contributed by atoms with van der Waals surface area (Å²) in [6.07, 6.45) is 1.74. The molecule has 0 aliphatic carbocycles. The molecule has 0 fully saturated rings. The zero-order valence-corrected chi connectivity index (χ0v) is 11.4. The van der Waals surface area contributed by atoms with E-state index in [2.05, 4.69) is 22.3 Å². The Kier molecular flexibility index (Phi) is 4.70. The van der Waals surface area contributed by atoms with Crippen LogP contribution in [0.4, 0.5) is 10.2 Å². The van der Waals surface area contributed by atoms with E-state index in [0.29, 0.717) is 5.82 Å². The molecule has 2 aromatic rings. The van der Waals surface area contributed by atoms with Crippen molar-refractivity contribution in [2.75, 3.05) is 5.43 Å². The van der Waals surface area contributed by atoms with Crippen LogP contribution in [0.3, 0.4) is 0 Å². The summed E-state index contributed by atoms with van der Waals surface area (Å²) in [5, 5.41) is 0.747. The normalized spacial score (nSPS) is 10.5. The lowest BCUT2D eigenvalue weighted by Gasteiger charge is -2.07. The van der Waals surface area contributed by atoms with E-state index in [1.807, 2.05) is 6.07 Å². The van der Waals surface area contributed by atoms with Crippen LogP contribution < -0.4 is 11.3 Å². The zero-order chi connectivity index (χ0) is 13.7. The van der Waals surface area contributed by atoms with Crippen LogP contribution in [0.2, 0.25) is 0 Å². The van der Waals surface area contributed by atoms with Gasteiger partial charge in [-0.15, -0.1) is 0 Å². The van der Waals surface area contributed by atoms with Crippen molar-refractivity contribution in [3.05, 3.63) is 42.0 Å². The van der Waals surface area contributed by atoms with Gasteiger partial charge >= 0.3 is 0 Å². The van der Waals surface area contributed by atoms with Gasteiger partial charge in [0, 0.05) is 17.4 Å². The quantitative estimate of drug-likeness (QED) is 0.500. The van der Waals surface area contributed by atoms with Crippen LogP contribution >= 0.6 is 11.8 Å². The molecule has 1 aromatic carbocycles. The minimum absolute atomic E-state index is 0.259. The predicted octanol–water partition coefficient (Wildman–Crippen LogP) is 3.01. The van der Waals surface area contributed by atoms with Crippen molar-refractivity contribution in [2.24, 2.45) is 5.84 Å². The van der Waals surface area contributed by atoms with Crippen LogP contribution in [-0.4, -0.2) is 9.97 Å². The molecule has 0 saturated carbocycles. The third-order valence-electron chi connectivity index (χ3n) is 2.39. The van der Waals surface area contributed by atoms with Gasteiger partial charge < -0.3 is 5.43 Å². The first-order valence-corrected chi connectivity index (χ1v) is 6.81. The van der Waals surface area contributed by atoms with Gasteiger partial charge in [0.25, 0.3) is 0 Å². The maximum Gasteiger partial charge on any atom is 0.144 e. The summed E-state index contributed by atoms with van der Waals surface area (Å²) >= 11 is 1.38. The van der Waals surface area contributed by atoms with Crippen molar-refractivity contribution >= 4 is 17.6 Å². The van der Waals surface area contributed by atoms with Crippen LogP contribution in [0, 0.1) is 5.82 Å². The number of nitrogens with two attached hydrogens (primary N) is 1. The predicted molar refractivity (Wildman–Crippen MR) is 74.4 cm³/mol. The first-order chi connectivity index (χ1) is 9.21. The fourth-order valence-electron chi connectivity index (χ4n) is 1.59. The Bertz CT molecular complexity index is 562. The maximum atomic E-state index is 13.1. The monoisotopic (exact) mass is 278 g/mol. The molecule has 6 heteroatoms. The summed E-state index contributed by atoms with van der Waals surface area (Å²) in [5.74, 6) is 6.43. The molecule has 0 atom stereocenters. The Morgan fingerprint density at radius 1 is 1.32 bits per heavy atom. The number of aryl methyl sites for hydroxylation is 1. The third kappa shape index (κ3) is 3.90. The summed E-state index contributed by atoms with van der Waals surface area (Å²) < 4.78 is 13.1. The van der Waals surface area contributed by atoms with Gasteiger partial charge in [-0.25, -0.2) is 20.2 Å². The molecule has 100 valence electrons. The number of hydrazine groups is 1. The molecular weight excluding hydrogens is 263 g/mol. The zero-order valence-electron chi connectivity index (χ0n) is 10.6. The van der Waals surface area contributed by atoms with Crippen molar-refractivity contribution in [2.45, 2.75) is 29.7 Å². The largest absolute Gasteiger partial charge is 0.308 e. The summed E-state index contributed by atoms with van der Waals surface area (Å²) in [4.78, 5) is 9.49. The van der Waals surface area contributed by atoms with Gasteiger partial charge in [0.2, 0.25) is 0 Å². The summed E-state index contributed by atoms with van der Waals surface area (Å²) in [7, 11) is 0. The Hall–Kier alpha value is -1.66. The van der Waals surface area contributed by atoms with E-state index in [1.165, 1.54) is 23.9 Å². The van der Waals surface area contributed by atoms with Crippen LogP contribution in [0.25, 0.3) is 0 Å². The molecule has 3 N–H and O–H groups in total. The third-order valence-corrected chi connectivity index (χ3v) is 3.30. The Morgan fingerprint density at radius 2 is 2.16 bits per heavy atom. The number of nitrogens with zero attached hydrogens (tertiary/aromatic N) is 2. The summed E-state index contributed by atoms with van der Waals surface area (Å²) in [6, 6.07) is 8.15. The molecule has 0 unspecified atom stereocenters. The molecule has 0 radical (unpaired) electrons. The molecule has 0 aliphatic rings. The lowest BCUT2D eigenvalue weighted by atomic mass is 10.3. The number of nitrogen functional groups attached to an aromatic ring is 1. The van der Waals surface area contributed by atoms with Crippen LogP contribution in [-0.2, 0) is 6.42 Å². The maximum absolute atomic E-state index is 13.1. The summed E-state index contributed by atoms with van der Waals surface area (Å²) in [5.41, 5.74) is 2.52. The molecule has 0 bridgehead atoms. The van der Waals surface area contributed by atoms with Gasteiger partial charge in [-0.05, 0) is 24.6 Å². The average molecular weight is 278 g/mol. The molecule has 2 rings (SSSR count). The lowest BCUT2D eigenvalue weighted by molar-refractivity contribution is 0.624. The highest BCUT2D eigenvalue weighted by Gasteiger charge is 2.06. The van der Waals surface area contributed by atoms with Crippen molar-refractivity contribution in [3.63, 3.8) is 0 Å². The van der Waals surface area contributed by atoms with Crippen molar-refractivity contribution in [3.8, 4) is 0 Å². The average Bonchev–Trinajstić information content (AvgIpc) is 2.39. The van der Waals surface area contributed by atoms with E-state index in [1.54, 1.807) is 12.1 Å². The highest BCUT2D eigenvalue weighted by Crippen LogP contribution is 2.27. The number of benzene rings is 1. The Labute approximate surface area is 115 Å². The van der Waals surface area contributed by atoms with Gasteiger partial charge in [0.15, 0.2) is 0 Å². The number of rotatable bonds is 5. The lowest BCUT2D eigenvalue weighted by Crippen LogP contribution is -2.10. The van der Waals surface area contributed by atoms with Gasteiger partial charge in [-0.2, -0.15) is 0 Å². The first-order valence-electron chi connectivity index (χ1n) is 5.99. The fraction of sp³-hybridized carbons (Fsp3) is 0.231. The fourth-order valence-corrected chi connectivity index (χ4v) is 2.47. The van der Waals surface area contributed by atoms with E-state index < -0.39 is 0 Å². The van der Waals surface area contributed by atoms with Crippen molar-refractivity contribution < 1.29 is 4.39 Å². The first kappa shape index (κ1) is 13.8. The molecule has 19 heavy (non-hydrogen) atoms. The van der Waals surface area contributed by atoms with Gasteiger partial charge in [0.05, 0.1) is 0 Å². The van der Waals surface area contributed by atoms with E-state index >= 15 is 0 Å². The topological polar surface area (TPSA) is 63.8 Å². The number of hydrogen-bond acceptors (Lipinski definition) is 5. The van der Waals surface area contributed by atoms with Gasteiger partial charge in [-0.1, -0.05) is 24.8 Å². The molecular formula is C13H15FN4S. The molecule has 0 amide bonds. The molecule has 4 nitrogen and oxygen atoms in total. The van der Waals surface area contributed by atoms with Crippen LogP contribution in [0.15, 0.2) is 40.3 Å². The second-order valence-corrected chi connectivity index (χ2v) is 5.06. The highest BCUT2D eigenvalue weighted by atomic mass is 32.2. The molecule has 0 saturated heterocycles. The van der Waals surface area contributed by atoms with E-state index in [-0.39, 0.29) is 5.82 Å². The number of hydrogen-bond donors (Lipinski definition) is 2. The SMILES string of the molecule is CCCc1nc(NN)cc(Sc2cccc(F)c2)n1. The smallest absolute Gasteiger partial charge is 0.144 e. The second kappa shape index (κ2) is 6.49. The number of anilines is 1. The van der Waals surface area contributed by atoms with Crippen molar-refractivity contribution in [1.82, 2.24) is 9.97 Å². The minimum Gasteiger partial charge on any atom is -0.308 e. The number of nitrogens with one attached hydrogen (secondary N) is 1. The molecule has 0 spiro atoms. The van der Waals surface area contributed by atoms with Crippen molar-refractivity contribution in [1.29, 1.82) is 0 Å². The van der Waals surface area contributed by atoms with E-state index in [9.17, 15) is 4.39 Å². The molecule has 1 heterocycles. The van der Waals surface area contributed by atoms with Crippen LogP contribution in [0.1, 0.15) is 19.2 Å². The minimum atomic E-state index is -0.259. The van der Waals surface area contributed by atoms with E-state index in [4.69, 9.17) is 5.84 Å². The second-order valence-electron chi connectivity index (χ2n) is 3.96. The van der Waals surface area contributed by atoms with Gasteiger partial charge in [-0.3, -0.25) is 0 Å². The molecule has 0 aliphatic heterocycles. The van der Waals surface area contributed by atoms with Crippen LogP contribution in [0.5, 0.6) is 0 Å². The van der Waals surface area contributed by atoms with Gasteiger partial charge in [0.1, 0.15) is 22.5 Å². The summed E-state index contributed by atoms with van der Waals surface area (Å²) in [6.45, 7) is 2.06. The van der Waals surface area contributed by atoms with E-state index in [0.717, 1.165) is 28.6 Å².